The first-order chi connectivity index (χ1) is 12.9. The van der Waals surface area contributed by atoms with E-state index in [4.69, 9.17) is 11.6 Å². The summed E-state index contributed by atoms with van der Waals surface area (Å²) in [5.41, 5.74) is 4.20. The highest BCUT2D eigenvalue weighted by molar-refractivity contribution is 6.31. The van der Waals surface area contributed by atoms with Crippen molar-refractivity contribution in [1.29, 1.82) is 0 Å². The maximum atomic E-state index is 6.07. The Balaban J connectivity index is 1.79. The first-order valence-corrected chi connectivity index (χ1v) is 9.60. The maximum absolute atomic E-state index is 6.07. The zero-order valence-electron chi connectivity index (χ0n) is 16.5. The van der Waals surface area contributed by atoms with E-state index in [-0.39, 0.29) is 0 Å². The molecule has 0 amide bonds. The molecule has 0 unspecified atom stereocenters. The Kier molecular flexibility index (Phi) is 6.37. The number of hydrogen-bond acceptors (Lipinski definition) is 4. The summed E-state index contributed by atoms with van der Waals surface area (Å²) in [5, 5.41) is 0.713. The van der Waals surface area contributed by atoms with Gasteiger partial charge >= 0.3 is 0 Å². The number of hydrogen-bond donors (Lipinski definition) is 1. The third-order valence-corrected chi connectivity index (χ3v) is 4.82. The highest BCUT2D eigenvalue weighted by atomic mass is 35.5. The lowest BCUT2D eigenvalue weighted by atomic mass is 10.2. The van der Waals surface area contributed by atoms with Crippen LogP contribution in [-0.2, 0) is 0 Å². The number of nitrogens with zero attached hydrogens (tertiary/aromatic N) is 4. The summed E-state index contributed by atoms with van der Waals surface area (Å²) in [4.78, 5) is 14.9. The molecule has 6 heteroatoms. The summed E-state index contributed by atoms with van der Waals surface area (Å²) in [7, 11) is 8.45. The van der Waals surface area contributed by atoms with Gasteiger partial charge < -0.3 is 19.7 Å². The fourth-order valence-corrected chi connectivity index (χ4v) is 3.13. The molecule has 0 spiro atoms. The number of imidazole rings is 1. The monoisotopic (exact) mass is 385 g/mol. The number of anilines is 1. The molecule has 0 fully saturated rings. The molecule has 0 saturated carbocycles. The molecule has 3 aromatic rings. The van der Waals surface area contributed by atoms with E-state index in [1.165, 1.54) is 5.69 Å². The van der Waals surface area contributed by atoms with Gasteiger partial charge in [-0.2, -0.15) is 0 Å². The van der Waals surface area contributed by atoms with E-state index >= 15 is 0 Å². The van der Waals surface area contributed by atoms with Crippen LogP contribution in [0.1, 0.15) is 0 Å². The molecule has 27 heavy (non-hydrogen) atoms. The van der Waals surface area contributed by atoms with Crippen LogP contribution in [0, 0.1) is 0 Å². The molecular formula is C21H28ClN5. The summed E-state index contributed by atoms with van der Waals surface area (Å²) in [6.45, 7) is 4.06. The van der Waals surface area contributed by atoms with Gasteiger partial charge in [-0.3, -0.25) is 0 Å². The lowest BCUT2D eigenvalue weighted by molar-refractivity contribution is 0.391. The van der Waals surface area contributed by atoms with Gasteiger partial charge in [-0.15, -0.1) is 0 Å². The second kappa shape index (κ2) is 8.74. The highest BCUT2D eigenvalue weighted by Crippen LogP contribution is 2.25. The van der Waals surface area contributed by atoms with E-state index in [0.29, 0.717) is 5.02 Å². The SMILES string of the molecule is CN(C)CCN(CCN(C)C)c1ccc(-c2nc3ccc(Cl)cc3[nH]2)cc1. The van der Waals surface area contributed by atoms with Gasteiger partial charge in [0.2, 0.25) is 0 Å². The Morgan fingerprint density at radius 1 is 0.852 bits per heavy atom. The van der Waals surface area contributed by atoms with E-state index in [1.807, 2.05) is 18.2 Å². The van der Waals surface area contributed by atoms with E-state index in [0.717, 1.165) is 48.6 Å². The van der Waals surface area contributed by atoms with Crippen LogP contribution in [0.5, 0.6) is 0 Å². The fraction of sp³-hybridized carbons (Fsp3) is 0.381. The summed E-state index contributed by atoms with van der Waals surface area (Å²) in [5.74, 6) is 0.868. The van der Waals surface area contributed by atoms with Crippen LogP contribution in [0.25, 0.3) is 22.4 Å². The predicted molar refractivity (Wildman–Crippen MR) is 116 cm³/mol. The Morgan fingerprint density at radius 3 is 2.07 bits per heavy atom. The van der Waals surface area contributed by atoms with Crippen LogP contribution in [0.4, 0.5) is 5.69 Å². The maximum Gasteiger partial charge on any atom is 0.138 e. The third-order valence-electron chi connectivity index (χ3n) is 4.58. The van der Waals surface area contributed by atoms with Crippen LogP contribution in [0.2, 0.25) is 5.02 Å². The number of rotatable bonds is 8. The van der Waals surface area contributed by atoms with Crippen molar-refractivity contribution in [1.82, 2.24) is 19.8 Å². The number of halogens is 1. The van der Waals surface area contributed by atoms with E-state index in [2.05, 4.69) is 77.1 Å². The predicted octanol–water partition coefficient (Wildman–Crippen LogP) is 3.81. The molecule has 0 bridgehead atoms. The molecule has 0 atom stereocenters. The van der Waals surface area contributed by atoms with Crippen molar-refractivity contribution in [2.75, 3.05) is 59.3 Å². The lowest BCUT2D eigenvalue weighted by Crippen LogP contribution is -2.36. The van der Waals surface area contributed by atoms with Crippen molar-refractivity contribution in [2.45, 2.75) is 0 Å². The number of H-pyrrole nitrogens is 1. The zero-order valence-corrected chi connectivity index (χ0v) is 17.3. The Labute approximate surface area is 166 Å². The zero-order chi connectivity index (χ0) is 19.4. The molecule has 0 aliphatic carbocycles. The van der Waals surface area contributed by atoms with Gasteiger partial charge in [-0.1, -0.05) is 11.6 Å². The van der Waals surface area contributed by atoms with Gasteiger partial charge in [0, 0.05) is 42.5 Å². The van der Waals surface area contributed by atoms with Crippen molar-refractivity contribution in [3.05, 3.63) is 47.5 Å². The number of likely N-dealkylation sites (N-methyl/N-ethyl adjacent to an activating group) is 2. The second-order valence-electron chi connectivity index (χ2n) is 7.39. The van der Waals surface area contributed by atoms with Gasteiger partial charge in [0.1, 0.15) is 5.82 Å². The number of nitrogens with one attached hydrogen (secondary N) is 1. The number of fused-ring (bicyclic) bond motifs is 1. The molecule has 0 aliphatic rings. The van der Waals surface area contributed by atoms with E-state index < -0.39 is 0 Å². The van der Waals surface area contributed by atoms with Crippen LogP contribution in [-0.4, -0.2) is 74.1 Å². The average Bonchev–Trinajstić information content (AvgIpc) is 3.04. The lowest BCUT2D eigenvalue weighted by Gasteiger charge is -2.28. The van der Waals surface area contributed by atoms with E-state index in [9.17, 15) is 0 Å². The normalized spacial score (nSPS) is 11.7. The van der Waals surface area contributed by atoms with Crippen molar-refractivity contribution in [3.63, 3.8) is 0 Å². The first kappa shape index (κ1) is 19.7. The standard InChI is InChI=1S/C21H28ClN5/c1-25(2)11-13-27(14-12-26(3)4)18-8-5-16(6-9-18)21-23-19-10-7-17(22)15-20(19)24-21/h5-10,15H,11-14H2,1-4H3,(H,23,24). The van der Waals surface area contributed by atoms with Gasteiger partial charge in [0.15, 0.2) is 0 Å². The molecule has 1 N–H and O–H groups in total. The van der Waals surface area contributed by atoms with Crippen molar-refractivity contribution in [2.24, 2.45) is 0 Å². The van der Waals surface area contributed by atoms with Crippen LogP contribution >= 0.6 is 11.6 Å². The minimum Gasteiger partial charge on any atom is -0.369 e. The smallest absolute Gasteiger partial charge is 0.138 e. The fourth-order valence-electron chi connectivity index (χ4n) is 2.96. The van der Waals surface area contributed by atoms with Gasteiger partial charge in [-0.25, -0.2) is 4.98 Å². The summed E-state index contributed by atoms with van der Waals surface area (Å²) in [6.07, 6.45) is 0. The molecule has 144 valence electrons. The molecular weight excluding hydrogens is 358 g/mol. The topological polar surface area (TPSA) is 38.4 Å². The Bertz CT molecular complexity index is 858. The minimum atomic E-state index is 0.713. The summed E-state index contributed by atoms with van der Waals surface area (Å²) >= 11 is 6.07. The van der Waals surface area contributed by atoms with Gasteiger partial charge in [0.05, 0.1) is 11.0 Å². The van der Waals surface area contributed by atoms with Crippen LogP contribution in [0.3, 0.4) is 0 Å². The first-order valence-electron chi connectivity index (χ1n) is 9.22. The van der Waals surface area contributed by atoms with Crippen molar-refractivity contribution >= 4 is 28.3 Å². The molecule has 0 saturated heterocycles. The molecule has 1 heterocycles. The minimum absolute atomic E-state index is 0.713. The second-order valence-corrected chi connectivity index (χ2v) is 7.82. The third kappa shape index (κ3) is 5.22. The Hall–Kier alpha value is -2.08. The number of aromatic nitrogens is 2. The Morgan fingerprint density at radius 2 is 1.48 bits per heavy atom. The largest absolute Gasteiger partial charge is 0.369 e. The van der Waals surface area contributed by atoms with Crippen molar-refractivity contribution < 1.29 is 0 Å². The van der Waals surface area contributed by atoms with Crippen molar-refractivity contribution in [3.8, 4) is 11.4 Å². The molecule has 0 aliphatic heterocycles. The number of aromatic amines is 1. The number of benzene rings is 2. The average molecular weight is 386 g/mol. The molecule has 1 aromatic heterocycles. The molecule has 5 nitrogen and oxygen atoms in total. The van der Waals surface area contributed by atoms with Gasteiger partial charge in [0.25, 0.3) is 0 Å². The molecule has 3 rings (SSSR count). The summed E-state index contributed by atoms with van der Waals surface area (Å²) in [6, 6.07) is 14.3. The van der Waals surface area contributed by atoms with E-state index in [1.54, 1.807) is 0 Å². The molecule has 0 radical (unpaired) electrons. The van der Waals surface area contributed by atoms with Crippen LogP contribution < -0.4 is 4.90 Å². The quantitative estimate of drug-likeness (QED) is 0.639. The highest BCUT2D eigenvalue weighted by Gasteiger charge is 2.10. The molecule has 2 aromatic carbocycles. The summed E-state index contributed by atoms with van der Waals surface area (Å²) < 4.78 is 0. The van der Waals surface area contributed by atoms with Gasteiger partial charge in [-0.05, 0) is 70.7 Å². The van der Waals surface area contributed by atoms with Crippen LogP contribution in [0.15, 0.2) is 42.5 Å².